The first-order chi connectivity index (χ1) is 8.58. The molecule has 1 aliphatic heterocycles. The largest absolute Gasteiger partial charge is 0.444 e. The van der Waals surface area contributed by atoms with Gasteiger partial charge in [0.05, 0.1) is 18.3 Å². The van der Waals surface area contributed by atoms with Crippen LogP contribution in [0.2, 0.25) is 0 Å². The second kappa shape index (κ2) is 5.52. The van der Waals surface area contributed by atoms with Crippen LogP contribution in [0.3, 0.4) is 0 Å². The molecule has 5 heteroatoms. The fourth-order valence-corrected chi connectivity index (χ4v) is 2.15. The van der Waals surface area contributed by atoms with E-state index in [1.165, 1.54) is 0 Å². The maximum atomic E-state index is 12.1. The summed E-state index contributed by atoms with van der Waals surface area (Å²) in [4.78, 5) is 18.3. The Morgan fingerprint density at radius 2 is 2.11 bits per heavy atom. The van der Waals surface area contributed by atoms with E-state index in [1.54, 1.807) is 0 Å². The van der Waals surface area contributed by atoms with Gasteiger partial charge in [0.1, 0.15) is 5.76 Å². The first kappa shape index (κ1) is 13.1. The zero-order chi connectivity index (χ0) is 13.1. The summed E-state index contributed by atoms with van der Waals surface area (Å²) in [7, 11) is 0. The van der Waals surface area contributed by atoms with Crippen molar-refractivity contribution >= 4 is 5.91 Å². The van der Waals surface area contributed by atoms with E-state index in [0.29, 0.717) is 12.4 Å². The molecule has 1 atom stereocenters. The molecule has 1 aromatic heterocycles. The van der Waals surface area contributed by atoms with Crippen molar-refractivity contribution in [2.75, 3.05) is 13.1 Å². The molecule has 2 heterocycles. The van der Waals surface area contributed by atoms with Gasteiger partial charge < -0.3 is 9.32 Å². The van der Waals surface area contributed by atoms with Crippen LogP contribution >= 0.6 is 0 Å². The molecular formula is C13H21N3O2. The molecule has 0 aromatic carbocycles. The van der Waals surface area contributed by atoms with Gasteiger partial charge in [-0.1, -0.05) is 0 Å². The molecule has 100 valence electrons. The Kier molecular flexibility index (Phi) is 4.01. The van der Waals surface area contributed by atoms with Gasteiger partial charge in [-0.2, -0.15) is 0 Å². The third kappa shape index (κ3) is 2.90. The van der Waals surface area contributed by atoms with Gasteiger partial charge in [0, 0.05) is 13.1 Å². The average Bonchev–Trinajstić information content (AvgIpc) is 2.96. The summed E-state index contributed by atoms with van der Waals surface area (Å²) in [6, 6.07) is -0.185. The molecule has 0 aliphatic carbocycles. The Balaban J connectivity index is 1.83. The summed E-state index contributed by atoms with van der Waals surface area (Å²) >= 11 is 0. The zero-order valence-electron chi connectivity index (χ0n) is 11.3. The molecule has 0 bridgehead atoms. The monoisotopic (exact) mass is 251 g/mol. The van der Waals surface area contributed by atoms with Crippen molar-refractivity contribution in [3.63, 3.8) is 0 Å². The van der Waals surface area contributed by atoms with Crippen molar-refractivity contribution in [3.05, 3.63) is 17.3 Å². The van der Waals surface area contributed by atoms with Crippen LogP contribution in [0.1, 0.15) is 37.1 Å². The second-order valence-corrected chi connectivity index (χ2v) is 4.88. The average molecular weight is 251 g/mol. The smallest absolute Gasteiger partial charge is 0.239 e. The maximum absolute atomic E-state index is 12.1. The van der Waals surface area contributed by atoms with Crippen molar-refractivity contribution in [1.82, 2.24) is 15.2 Å². The summed E-state index contributed by atoms with van der Waals surface area (Å²) in [6.07, 6.45) is 2.24. The molecule has 18 heavy (non-hydrogen) atoms. The summed E-state index contributed by atoms with van der Waals surface area (Å²) in [5.41, 5.74) is 0.908. The van der Waals surface area contributed by atoms with Crippen LogP contribution < -0.4 is 5.32 Å². The van der Waals surface area contributed by atoms with Crippen LogP contribution in [0.25, 0.3) is 0 Å². The van der Waals surface area contributed by atoms with Gasteiger partial charge in [-0.05, 0) is 33.6 Å². The molecule has 1 amide bonds. The van der Waals surface area contributed by atoms with Crippen LogP contribution in [0.15, 0.2) is 4.42 Å². The van der Waals surface area contributed by atoms with Crippen molar-refractivity contribution in [1.29, 1.82) is 0 Å². The van der Waals surface area contributed by atoms with Gasteiger partial charge in [-0.25, -0.2) is 4.98 Å². The number of hydrogen-bond donors (Lipinski definition) is 1. The van der Waals surface area contributed by atoms with Gasteiger partial charge in [0.2, 0.25) is 11.8 Å². The van der Waals surface area contributed by atoms with E-state index in [0.717, 1.165) is 37.4 Å². The van der Waals surface area contributed by atoms with Crippen molar-refractivity contribution in [2.45, 2.75) is 46.2 Å². The molecular weight excluding hydrogens is 230 g/mol. The predicted octanol–water partition coefficient (Wildman–Crippen LogP) is 1.39. The van der Waals surface area contributed by atoms with Crippen molar-refractivity contribution < 1.29 is 9.21 Å². The lowest BCUT2D eigenvalue weighted by Crippen LogP contribution is -2.43. The normalized spacial score (nSPS) is 17.2. The number of carbonyl (C=O) groups excluding carboxylic acids is 1. The minimum Gasteiger partial charge on any atom is -0.444 e. The zero-order valence-corrected chi connectivity index (χ0v) is 11.3. The maximum Gasteiger partial charge on any atom is 0.239 e. The molecule has 1 fully saturated rings. The molecule has 2 rings (SSSR count). The number of amides is 1. The Morgan fingerprint density at radius 3 is 2.67 bits per heavy atom. The minimum absolute atomic E-state index is 0.174. The number of rotatable bonds is 4. The fraction of sp³-hybridized carbons (Fsp3) is 0.692. The molecule has 1 unspecified atom stereocenters. The molecule has 5 nitrogen and oxygen atoms in total. The van der Waals surface area contributed by atoms with Gasteiger partial charge in [0.25, 0.3) is 0 Å². The Bertz CT molecular complexity index is 402. The molecule has 1 aromatic rings. The highest BCUT2D eigenvalue weighted by Crippen LogP contribution is 2.10. The van der Waals surface area contributed by atoms with E-state index in [9.17, 15) is 4.79 Å². The van der Waals surface area contributed by atoms with Gasteiger partial charge in [-0.15, -0.1) is 0 Å². The highest BCUT2D eigenvalue weighted by Gasteiger charge is 2.23. The SMILES string of the molecule is Cc1nc(CNC(C)C(=O)N2CCCC2)oc1C. The summed E-state index contributed by atoms with van der Waals surface area (Å²) in [6.45, 7) is 7.98. The van der Waals surface area contributed by atoms with E-state index in [1.807, 2.05) is 25.7 Å². The quantitative estimate of drug-likeness (QED) is 0.878. The number of oxazole rings is 1. The number of nitrogens with one attached hydrogen (secondary N) is 1. The van der Waals surface area contributed by atoms with Gasteiger partial charge in [-0.3, -0.25) is 10.1 Å². The number of carbonyl (C=O) groups is 1. The lowest BCUT2D eigenvalue weighted by molar-refractivity contribution is -0.132. The van der Waals surface area contributed by atoms with Crippen molar-refractivity contribution in [3.8, 4) is 0 Å². The Labute approximate surface area is 108 Å². The number of aryl methyl sites for hydroxylation is 2. The number of nitrogens with zero attached hydrogens (tertiary/aromatic N) is 2. The summed E-state index contributed by atoms with van der Waals surface area (Å²) < 4.78 is 5.47. The van der Waals surface area contributed by atoms with Crippen LogP contribution in [-0.2, 0) is 11.3 Å². The third-order valence-electron chi connectivity index (χ3n) is 3.42. The minimum atomic E-state index is -0.185. The second-order valence-electron chi connectivity index (χ2n) is 4.88. The van der Waals surface area contributed by atoms with Crippen molar-refractivity contribution in [2.24, 2.45) is 0 Å². The van der Waals surface area contributed by atoms with Crippen LogP contribution in [0, 0.1) is 13.8 Å². The number of likely N-dealkylation sites (tertiary alicyclic amines) is 1. The number of aromatic nitrogens is 1. The Hall–Kier alpha value is -1.36. The summed E-state index contributed by atoms with van der Waals surface area (Å²) in [5.74, 6) is 1.66. The lowest BCUT2D eigenvalue weighted by Gasteiger charge is -2.20. The van der Waals surface area contributed by atoms with E-state index < -0.39 is 0 Å². The van der Waals surface area contributed by atoms with Gasteiger partial charge >= 0.3 is 0 Å². The van der Waals surface area contributed by atoms with Crippen LogP contribution in [0.4, 0.5) is 0 Å². The Morgan fingerprint density at radius 1 is 1.44 bits per heavy atom. The standard InChI is InChI=1S/C13H21N3O2/c1-9-11(3)18-12(15-9)8-14-10(2)13(17)16-6-4-5-7-16/h10,14H,4-8H2,1-3H3. The summed E-state index contributed by atoms with van der Waals surface area (Å²) in [5, 5.41) is 3.17. The third-order valence-corrected chi connectivity index (χ3v) is 3.42. The van der Waals surface area contributed by atoms with E-state index in [2.05, 4.69) is 10.3 Å². The van der Waals surface area contributed by atoms with Crippen LogP contribution in [-0.4, -0.2) is 34.9 Å². The highest BCUT2D eigenvalue weighted by atomic mass is 16.4. The van der Waals surface area contributed by atoms with E-state index in [-0.39, 0.29) is 11.9 Å². The molecule has 0 saturated carbocycles. The van der Waals surface area contributed by atoms with Gasteiger partial charge in [0.15, 0.2) is 0 Å². The lowest BCUT2D eigenvalue weighted by atomic mass is 10.3. The molecule has 1 N–H and O–H groups in total. The fourth-order valence-electron chi connectivity index (χ4n) is 2.15. The predicted molar refractivity (Wildman–Crippen MR) is 68.1 cm³/mol. The molecule has 1 saturated heterocycles. The van der Waals surface area contributed by atoms with Crippen LogP contribution in [0.5, 0.6) is 0 Å². The first-order valence-corrected chi connectivity index (χ1v) is 6.53. The van der Waals surface area contributed by atoms with E-state index in [4.69, 9.17) is 4.42 Å². The topological polar surface area (TPSA) is 58.4 Å². The van der Waals surface area contributed by atoms with E-state index >= 15 is 0 Å². The molecule has 0 radical (unpaired) electrons. The molecule has 1 aliphatic rings. The number of hydrogen-bond acceptors (Lipinski definition) is 4. The molecule has 0 spiro atoms. The first-order valence-electron chi connectivity index (χ1n) is 6.53. The highest BCUT2D eigenvalue weighted by molar-refractivity contribution is 5.81.